The molecule has 0 saturated heterocycles. The maximum atomic E-state index is 12.7. The SMILES string of the molecule is CN=C1c2ccccc2C(=O)c2ccc(C(=O)OCCO)c(S)c21. The van der Waals surface area contributed by atoms with E-state index in [1.165, 1.54) is 6.07 Å². The number of aliphatic imine (C=N–C) groups is 1. The molecule has 2 aromatic carbocycles. The summed E-state index contributed by atoms with van der Waals surface area (Å²) >= 11 is 4.46. The smallest absolute Gasteiger partial charge is 0.339 e. The van der Waals surface area contributed by atoms with Gasteiger partial charge in [-0.05, 0) is 12.1 Å². The van der Waals surface area contributed by atoms with Gasteiger partial charge in [0.2, 0.25) is 0 Å². The minimum atomic E-state index is -0.599. The van der Waals surface area contributed by atoms with Crippen molar-refractivity contribution in [1.82, 2.24) is 0 Å². The molecule has 0 atom stereocenters. The van der Waals surface area contributed by atoms with Gasteiger partial charge in [-0.3, -0.25) is 9.79 Å². The molecule has 3 rings (SSSR count). The number of aliphatic hydroxyl groups excluding tert-OH is 1. The molecule has 0 spiro atoms. The van der Waals surface area contributed by atoms with Gasteiger partial charge in [0.1, 0.15) is 6.61 Å². The summed E-state index contributed by atoms with van der Waals surface area (Å²) < 4.78 is 4.95. The van der Waals surface area contributed by atoms with Gasteiger partial charge in [0.25, 0.3) is 0 Å². The fraction of sp³-hybridized carbons (Fsp3) is 0.167. The maximum Gasteiger partial charge on any atom is 0.339 e. The van der Waals surface area contributed by atoms with Crippen LogP contribution in [0.25, 0.3) is 0 Å². The van der Waals surface area contributed by atoms with E-state index in [4.69, 9.17) is 9.84 Å². The third kappa shape index (κ3) is 2.53. The lowest BCUT2D eigenvalue weighted by Crippen LogP contribution is -2.23. The predicted molar refractivity (Wildman–Crippen MR) is 92.5 cm³/mol. The molecule has 1 aliphatic carbocycles. The average Bonchev–Trinajstić information content (AvgIpc) is 2.61. The minimum Gasteiger partial charge on any atom is -0.460 e. The maximum absolute atomic E-state index is 12.7. The molecule has 0 amide bonds. The molecule has 6 heteroatoms. The topological polar surface area (TPSA) is 76.0 Å². The van der Waals surface area contributed by atoms with Crippen LogP contribution in [0.2, 0.25) is 0 Å². The first-order chi connectivity index (χ1) is 11.6. The highest BCUT2D eigenvalue weighted by molar-refractivity contribution is 7.80. The fourth-order valence-corrected chi connectivity index (χ4v) is 3.19. The number of rotatable bonds is 3. The van der Waals surface area contributed by atoms with Crippen molar-refractivity contribution in [2.24, 2.45) is 4.99 Å². The van der Waals surface area contributed by atoms with Gasteiger partial charge in [-0.1, -0.05) is 24.3 Å². The van der Waals surface area contributed by atoms with Gasteiger partial charge in [-0.25, -0.2) is 4.79 Å². The number of carbonyl (C=O) groups excluding carboxylic acids is 2. The van der Waals surface area contributed by atoms with Crippen LogP contribution in [0.5, 0.6) is 0 Å². The lowest BCUT2D eigenvalue weighted by molar-refractivity contribution is 0.0429. The number of nitrogens with zero attached hydrogens (tertiary/aromatic N) is 1. The molecule has 0 radical (unpaired) electrons. The Balaban J connectivity index is 2.19. The number of benzene rings is 2. The number of thiol groups is 1. The van der Waals surface area contributed by atoms with Crippen molar-refractivity contribution in [2.45, 2.75) is 4.90 Å². The van der Waals surface area contributed by atoms with Crippen molar-refractivity contribution in [3.8, 4) is 0 Å². The fourth-order valence-electron chi connectivity index (χ4n) is 2.80. The molecule has 1 N–H and O–H groups in total. The highest BCUT2D eigenvalue weighted by Crippen LogP contribution is 2.33. The van der Waals surface area contributed by atoms with Crippen LogP contribution in [-0.2, 0) is 4.74 Å². The van der Waals surface area contributed by atoms with Gasteiger partial charge in [-0.15, -0.1) is 12.6 Å². The van der Waals surface area contributed by atoms with Crippen molar-refractivity contribution in [3.05, 3.63) is 64.2 Å². The first-order valence-corrected chi connectivity index (χ1v) is 7.80. The molecule has 0 unspecified atom stereocenters. The molecule has 0 aliphatic heterocycles. The molecule has 0 fully saturated rings. The summed E-state index contributed by atoms with van der Waals surface area (Å²) in [6, 6.07) is 10.3. The van der Waals surface area contributed by atoms with Crippen molar-refractivity contribution in [2.75, 3.05) is 20.3 Å². The van der Waals surface area contributed by atoms with E-state index < -0.39 is 5.97 Å². The van der Waals surface area contributed by atoms with E-state index in [1.54, 1.807) is 25.2 Å². The Labute approximate surface area is 144 Å². The van der Waals surface area contributed by atoms with E-state index in [9.17, 15) is 9.59 Å². The average molecular weight is 341 g/mol. The normalized spacial score (nSPS) is 14.3. The lowest BCUT2D eigenvalue weighted by Gasteiger charge is -2.22. The molecule has 1 aliphatic rings. The number of esters is 1. The van der Waals surface area contributed by atoms with Crippen LogP contribution >= 0.6 is 12.6 Å². The van der Waals surface area contributed by atoms with Gasteiger partial charge in [0.15, 0.2) is 5.78 Å². The Kier molecular flexibility index (Phi) is 4.51. The molecule has 0 aromatic heterocycles. The quantitative estimate of drug-likeness (QED) is 0.565. The summed E-state index contributed by atoms with van der Waals surface area (Å²) in [6.07, 6.45) is 0. The summed E-state index contributed by atoms with van der Waals surface area (Å²) in [7, 11) is 1.63. The van der Waals surface area contributed by atoms with E-state index in [-0.39, 0.29) is 24.6 Å². The second kappa shape index (κ2) is 6.59. The van der Waals surface area contributed by atoms with Crippen molar-refractivity contribution >= 4 is 30.1 Å². The zero-order valence-corrected chi connectivity index (χ0v) is 13.8. The predicted octanol–water partition coefficient (Wildman–Crippen LogP) is 2.14. The molecule has 0 heterocycles. The van der Waals surface area contributed by atoms with Gasteiger partial charge < -0.3 is 9.84 Å². The molecule has 24 heavy (non-hydrogen) atoms. The van der Waals surface area contributed by atoms with E-state index in [0.717, 1.165) is 0 Å². The standard InChI is InChI=1S/C18H15NO4S/c1-19-15-10-4-2-3-5-11(10)16(21)12-6-7-13(17(24)14(12)15)18(22)23-9-8-20/h2-7,20,24H,8-9H2,1H3. The number of aliphatic hydroxyl groups is 1. The van der Waals surface area contributed by atoms with E-state index in [2.05, 4.69) is 17.6 Å². The zero-order valence-electron chi connectivity index (χ0n) is 12.9. The Morgan fingerprint density at radius 3 is 2.54 bits per heavy atom. The van der Waals surface area contributed by atoms with Crippen LogP contribution in [0.15, 0.2) is 46.3 Å². The lowest BCUT2D eigenvalue weighted by atomic mass is 9.82. The summed E-state index contributed by atoms with van der Waals surface area (Å²) in [6.45, 7) is -0.355. The first-order valence-electron chi connectivity index (χ1n) is 7.35. The molecular weight excluding hydrogens is 326 g/mol. The first kappa shape index (κ1) is 16.4. The number of ether oxygens (including phenoxy) is 1. The van der Waals surface area contributed by atoms with Crippen molar-refractivity contribution in [3.63, 3.8) is 0 Å². The minimum absolute atomic E-state index is 0.0976. The van der Waals surface area contributed by atoms with Crippen LogP contribution < -0.4 is 0 Å². The molecule has 122 valence electrons. The second-order valence-corrected chi connectivity index (χ2v) is 5.64. The van der Waals surface area contributed by atoms with Crippen LogP contribution in [0, 0.1) is 0 Å². The van der Waals surface area contributed by atoms with Crippen LogP contribution in [-0.4, -0.2) is 42.8 Å². The summed E-state index contributed by atoms with van der Waals surface area (Å²) in [5.74, 6) is -0.725. The Morgan fingerprint density at radius 2 is 1.88 bits per heavy atom. The Morgan fingerprint density at radius 1 is 1.17 bits per heavy atom. The summed E-state index contributed by atoms with van der Waals surface area (Å²) in [5.41, 5.74) is 3.13. The van der Waals surface area contributed by atoms with Gasteiger partial charge >= 0.3 is 5.97 Å². The van der Waals surface area contributed by atoms with E-state index >= 15 is 0 Å². The highest BCUT2D eigenvalue weighted by Gasteiger charge is 2.31. The number of ketones is 1. The largest absolute Gasteiger partial charge is 0.460 e. The van der Waals surface area contributed by atoms with E-state index in [1.807, 2.05) is 12.1 Å². The molecule has 0 bridgehead atoms. The Bertz CT molecular complexity index is 873. The van der Waals surface area contributed by atoms with E-state index in [0.29, 0.717) is 32.9 Å². The van der Waals surface area contributed by atoms with Gasteiger partial charge in [-0.2, -0.15) is 0 Å². The third-order valence-corrected chi connectivity index (χ3v) is 4.32. The molecular formula is C18H15NO4S. The number of fused-ring (bicyclic) bond motifs is 2. The van der Waals surface area contributed by atoms with Gasteiger partial charge in [0.05, 0.1) is 17.9 Å². The number of hydrogen-bond acceptors (Lipinski definition) is 6. The van der Waals surface area contributed by atoms with Crippen LogP contribution in [0.4, 0.5) is 0 Å². The van der Waals surface area contributed by atoms with Gasteiger partial charge in [0, 0.05) is 34.2 Å². The van der Waals surface area contributed by atoms with Crippen molar-refractivity contribution in [1.29, 1.82) is 0 Å². The van der Waals surface area contributed by atoms with Crippen LogP contribution in [0.3, 0.4) is 0 Å². The monoisotopic (exact) mass is 341 g/mol. The molecule has 0 saturated carbocycles. The highest BCUT2D eigenvalue weighted by atomic mass is 32.1. The number of carbonyl (C=O) groups is 2. The third-order valence-electron chi connectivity index (χ3n) is 3.85. The second-order valence-electron chi connectivity index (χ2n) is 5.19. The summed E-state index contributed by atoms with van der Waals surface area (Å²) in [5, 5.41) is 8.79. The van der Waals surface area contributed by atoms with Crippen LogP contribution in [0.1, 0.15) is 37.4 Å². The summed E-state index contributed by atoms with van der Waals surface area (Å²) in [4.78, 5) is 29.5. The molecule has 5 nitrogen and oxygen atoms in total. The number of hydrogen-bond donors (Lipinski definition) is 2. The zero-order chi connectivity index (χ0) is 17.3. The molecule has 2 aromatic rings. The van der Waals surface area contributed by atoms with Crippen molar-refractivity contribution < 1.29 is 19.4 Å². The Hall–Kier alpha value is -2.44.